The van der Waals surface area contributed by atoms with Crippen molar-refractivity contribution < 1.29 is 8.42 Å². The monoisotopic (exact) mass is 335 g/mol. The molecule has 22 heavy (non-hydrogen) atoms. The van der Waals surface area contributed by atoms with Gasteiger partial charge < -0.3 is 4.98 Å². The fourth-order valence-corrected chi connectivity index (χ4v) is 3.74. The third kappa shape index (κ3) is 2.80. The maximum Gasteiger partial charge on any atom is 0.239 e. The molecule has 0 bridgehead atoms. The summed E-state index contributed by atoms with van der Waals surface area (Å²) in [6.45, 7) is 0. The minimum absolute atomic E-state index is 0.149. The second kappa shape index (κ2) is 5.62. The van der Waals surface area contributed by atoms with Crippen molar-refractivity contribution in [2.24, 2.45) is 0 Å². The van der Waals surface area contributed by atoms with Gasteiger partial charge >= 0.3 is 0 Å². The van der Waals surface area contributed by atoms with Gasteiger partial charge in [0, 0.05) is 12.1 Å². The van der Waals surface area contributed by atoms with Crippen molar-refractivity contribution in [1.29, 1.82) is 0 Å². The lowest BCUT2D eigenvalue weighted by molar-refractivity contribution is 0.593. The Bertz CT molecular complexity index is 921. The first-order chi connectivity index (χ1) is 10.5. The average molecular weight is 336 g/mol. The standard InChI is InChI=1S/C15H14ClN3O2S/c1-19(12-6-7-14-15(8-12)18-10-17-14)22(20,21)9-11-4-2-3-5-13(11)16/h2-8,10H,9H2,1H3,(H,17,18). The van der Waals surface area contributed by atoms with E-state index in [1.54, 1.807) is 48.8 Å². The van der Waals surface area contributed by atoms with Crippen LogP contribution in [-0.4, -0.2) is 25.4 Å². The molecule has 1 aromatic heterocycles. The molecule has 3 aromatic rings. The van der Waals surface area contributed by atoms with Gasteiger partial charge in [0.2, 0.25) is 10.0 Å². The van der Waals surface area contributed by atoms with E-state index < -0.39 is 10.0 Å². The number of nitrogens with zero attached hydrogens (tertiary/aromatic N) is 2. The lowest BCUT2D eigenvalue weighted by Crippen LogP contribution is -2.27. The molecule has 0 saturated carbocycles. The van der Waals surface area contributed by atoms with Crippen LogP contribution in [0.2, 0.25) is 5.02 Å². The van der Waals surface area contributed by atoms with Crippen LogP contribution in [-0.2, 0) is 15.8 Å². The highest BCUT2D eigenvalue weighted by molar-refractivity contribution is 7.92. The molecular formula is C15H14ClN3O2S. The molecule has 0 aliphatic carbocycles. The molecule has 0 amide bonds. The van der Waals surface area contributed by atoms with Gasteiger partial charge in [-0.25, -0.2) is 13.4 Å². The Balaban J connectivity index is 1.92. The molecule has 0 saturated heterocycles. The number of rotatable bonds is 4. The molecule has 1 N–H and O–H groups in total. The minimum Gasteiger partial charge on any atom is -0.345 e. The molecule has 0 fully saturated rings. The van der Waals surface area contributed by atoms with Crippen molar-refractivity contribution in [1.82, 2.24) is 9.97 Å². The van der Waals surface area contributed by atoms with E-state index in [-0.39, 0.29) is 5.75 Å². The Morgan fingerprint density at radius 3 is 2.77 bits per heavy atom. The first-order valence-corrected chi connectivity index (χ1v) is 8.59. The Morgan fingerprint density at radius 2 is 2.00 bits per heavy atom. The Morgan fingerprint density at radius 1 is 1.23 bits per heavy atom. The van der Waals surface area contributed by atoms with Crippen molar-refractivity contribution in [2.75, 3.05) is 11.4 Å². The fraction of sp³-hybridized carbons (Fsp3) is 0.133. The highest BCUT2D eigenvalue weighted by Crippen LogP contribution is 2.24. The largest absolute Gasteiger partial charge is 0.345 e. The van der Waals surface area contributed by atoms with Gasteiger partial charge in [-0.3, -0.25) is 4.31 Å². The predicted molar refractivity (Wildman–Crippen MR) is 88.6 cm³/mol. The number of aromatic nitrogens is 2. The van der Waals surface area contributed by atoms with Crippen molar-refractivity contribution in [3.8, 4) is 0 Å². The number of aromatic amines is 1. The van der Waals surface area contributed by atoms with Gasteiger partial charge in [-0.2, -0.15) is 0 Å². The molecular weight excluding hydrogens is 322 g/mol. The third-order valence-electron chi connectivity index (χ3n) is 3.48. The van der Waals surface area contributed by atoms with Gasteiger partial charge in [0.1, 0.15) is 0 Å². The number of benzene rings is 2. The molecule has 1 heterocycles. The molecule has 0 spiro atoms. The van der Waals surface area contributed by atoms with Crippen LogP contribution in [0.3, 0.4) is 0 Å². The van der Waals surface area contributed by atoms with Crippen molar-refractivity contribution >= 4 is 38.3 Å². The number of anilines is 1. The maximum absolute atomic E-state index is 12.6. The summed E-state index contributed by atoms with van der Waals surface area (Å²) in [6.07, 6.45) is 1.58. The Kier molecular flexibility index (Phi) is 3.80. The summed E-state index contributed by atoms with van der Waals surface area (Å²) >= 11 is 6.05. The van der Waals surface area contributed by atoms with Crippen molar-refractivity contribution in [2.45, 2.75) is 5.75 Å². The van der Waals surface area contributed by atoms with E-state index in [1.807, 2.05) is 0 Å². The summed E-state index contributed by atoms with van der Waals surface area (Å²) in [5.74, 6) is -0.149. The fourth-order valence-electron chi connectivity index (χ4n) is 2.19. The van der Waals surface area contributed by atoms with E-state index in [0.717, 1.165) is 11.0 Å². The first-order valence-electron chi connectivity index (χ1n) is 6.60. The smallest absolute Gasteiger partial charge is 0.239 e. The molecule has 0 unspecified atom stereocenters. The average Bonchev–Trinajstić information content (AvgIpc) is 2.96. The highest BCUT2D eigenvalue weighted by atomic mass is 35.5. The summed E-state index contributed by atoms with van der Waals surface area (Å²) in [5.41, 5.74) is 2.74. The van der Waals surface area contributed by atoms with Crippen LogP contribution >= 0.6 is 11.6 Å². The van der Waals surface area contributed by atoms with E-state index in [2.05, 4.69) is 9.97 Å². The predicted octanol–water partition coefficient (Wildman–Crippen LogP) is 3.18. The SMILES string of the molecule is CN(c1ccc2nc[nH]c2c1)S(=O)(=O)Cc1ccccc1Cl. The molecule has 3 rings (SSSR count). The number of fused-ring (bicyclic) bond motifs is 1. The zero-order valence-electron chi connectivity index (χ0n) is 11.8. The second-order valence-electron chi connectivity index (χ2n) is 4.92. The van der Waals surface area contributed by atoms with Crippen LogP contribution in [0.4, 0.5) is 5.69 Å². The Hall–Kier alpha value is -2.05. The number of imidazole rings is 1. The summed E-state index contributed by atoms with van der Waals surface area (Å²) in [7, 11) is -1.99. The van der Waals surface area contributed by atoms with Gasteiger partial charge in [-0.1, -0.05) is 29.8 Å². The van der Waals surface area contributed by atoms with Gasteiger partial charge in [-0.05, 0) is 29.8 Å². The topological polar surface area (TPSA) is 66.1 Å². The van der Waals surface area contributed by atoms with Gasteiger partial charge in [0.15, 0.2) is 0 Å². The van der Waals surface area contributed by atoms with E-state index in [1.165, 1.54) is 11.4 Å². The molecule has 7 heteroatoms. The molecule has 0 radical (unpaired) electrons. The number of halogens is 1. The van der Waals surface area contributed by atoms with Crippen LogP contribution in [0.1, 0.15) is 5.56 Å². The summed E-state index contributed by atoms with van der Waals surface area (Å²) in [6, 6.07) is 12.2. The van der Waals surface area contributed by atoms with Crippen LogP contribution < -0.4 is 4.31 Å². The molecule has 0 aliphatic heterocycles. The molecule has 2 aromatic carbocycles. The third-order valence-corrected chi connectivity index (χ3v) is 5.57. The highest BCUT2D eigenvalue weighted by Gasteiger charge is 2.20. The summed E-state index contributed by atoms with van der Waals surface area (Å²) < 4.78 is 26.4. The minimum atomic E-state index is -3.53. The summed E-state index contributed by atoms with van der Waals surface area (Å²) in [5, 5.41) is 0.448. The van der Waals surface area contributed by atoms with Crippen molar-refractivity contribution in [3.05, 3.63) is 59.4 Å². The molecule has 114 valence electrons. The normalized spacial score (nSPS) is 11.7. The van der Waals surface area contributed by atoms with E-state index in [0.29, 0.717) is 16.3 Å². The number of nitrogens with one attached hydrogen (secondary N) is 1. The van der Waals surface area contributed by atoms with E-state index in [4.69, 9.17) is 11.6 Å². The van der Waals surface area contributed by atoms with Crippen LogP contribution in [0.5, 0.6) is 0 Å². The van der Waals surface area contributed by atoms with Crippen LogP contribution in [0.15, 0.2) is 48.8 Å². The molecule has 0 atom stereocenters. The number of hydrogen-bond donors (Lipinski definition) is 1. The Labute approximate surface area is 133 Å². The van der Waals surface area contributed by atoms with Gasteiger partial charge in [0.05, 0.1) is 28.8 Å². The first kappa shape index (κ1) is 14.9. The van der Waals surface area contributed by atoms with Crippen LogP contribution in [0.25, 0.3) is 11.0 Å². The zero-order valence-corrected chi connectivity index (χ0v) is 13.4. The quantitative estimate of drug-likeness (QED) is 0.796. The van der Waals surface area contributed by atoms with E-state index >= 15 is 0 Å². The van der Waals surface area contributed by atoms with Gasteiger partial charge in [-0.15, -0.1) is 0 Å². The van der Waals surface area contributed by atoms with Crippen LogP contribution in [0, 0.1) is 0 Å². The second-order valence-corrected chi connectivity index (χ2v) is 7.33. The number of hydrogen-bond acceptors (Lipinski definition) is 3. The zero-order chi connectivity index (χ0) is 15.7. The van der Waals surface area contributed by atoms with Crippen molar-refractivity contribution in [3.63, 3.8) is 0 Å². The lowest BCUT2D eigenvalue weighted by atomic mass is 10.2. The van der Waals surface area contributed by atoms with E-state index in [9.17, 15) is 8.42 Å². The van der Waals surface area contributed by atoms with Gasteiger partial charge in [0.25, 0.3) is 0 Å². The molecule has 5 nitrogen and oxygen atoms in total. The number of sulfonamides is 1. The molecule has 0 aliphatic rings. The number of H-pyrrole nitrogens is 1. The summed E-state index contributed by atoms with van der Waals surface area (Å²) in [4.78, 5) is 7.09. The lowest BCUT2D eigenvalue weighted by Gasteiger charge is -2.20. The maximum atomic E-state index is 12.6.